The first kappa shape index (κ1) is 55.1. The highest BCUT2D eigenvalue weighted by Gasteiger charge is 2.51. The second-order valence-electron chi connectivity index (χ2n) is 17.6. The summed E-state index contributed by atoms with van der Waals surface area (Å²) in [5.74, 6) is -0.240. The lowest BCUT2D eigenvalue weighted by Crippen LogP contribution is -2.65. The summed E-state index contributed by atoms with van der Waals surface area (Å²) < 4.78 is 22.5. The van der Waals surface area contributed by atoms with Crippen LogP contribution in [0.5, 0.6) is 0 Å². The second kappa shape index (κ2) is 34.4. The zero-order chi connectivity index (χ0) is 44.0. The second-order valence-corrected chi connectivity index (χ2v) is 17.6. The van der Waals surface area contributed by atoms with E-state index in [1.54, 1.807) is 0 Å². The van der Waals surface area contributed by atoms with Crippen LogP contribution in [-0.4, -0.2) is 140 Å². The van der Waals surface area contributed by atoms with Gasteiger partial charge in [0.05, 0.1) is 32.0 Å². The third-order valence-corrected chi connectivity index (χ3v) is 12.3. The van der Waals surface area contributed by atoms with Crippen molar-refractivity contribution >= 4 is 5.91 Å². The molecule has 2 aliphatic rings. The highest BCUT2D eigenvalue weighted by molar-refractivity contribution is 5.76. The molecular weight excluding hydrogens is 775 g/mol. The van der Waals surface area contributed by atoms with E-state index in [-0.39, 0.29) is 18.9 Å². The SMILES string of the molecule is CCCCCCCCCCCCCCCCCCCCCCCCCCC(O)C(COC1OC(CO)C(OC2OC(CO)C(O)C(O)C2O)C(O)C1O)NC(=O)CCCC. The number of carbonyl (C=O) groups is 1. The van der Waals surface area contributed by atoms with Crippen LogP contribution in [0.3, 0.4) is 0 Å². The van der Waals surface area contributed by atoms with Crippen molar-refractivity contribution in [1.82, 2.24) is 5.32 Å². The van der Waals surface area contributed by atoms with Crippen molar-refractivity contribution in [2.45, 2.75) is 267 Å². The fourth-order valence-electron chi connectivity index (χ4n) is 8.27. The maximum Gasteiger partial charge on any atom is 0.220 e. The Bertz CT molecular complexity index is 1020. The number of nitrogens with one attached hydrogen (secondary N) is 1. The van der Waals surface area contributed by atoms with E-state index < -0.39 is 86.8 Å². The lowest BCUT2D eigenvalue weighted by Gasteiger charge is -2.46. The number of aliphatic hydroxyl groups excluding tert-OH is 8. The molecule has 12 unspecified atom stereocenters. The van der Waals surface area contributed by atoms with Gasteiger partial charge >= 0.3 is 0 Å². The van der Waals surface area contributed by atoms with Crippen molar-refractivity contribution < 1.29 is 64.6 Å². The zero-order valence-corrected chi connectivity index (χ0v) is 37.5. The molecule has 2 saturated heterocycles. The molecule has 12 atom stereocenters. The Balaban J connectivity index is 1.62. The molecule has 60 heavy (non-hydrogen) atoms. The normalized spacial score (nSPS) is 28.2. The highest BCUT2D eigenvalue weighted by atomic mass is 16.7. The van der Waals surface area contributed by atoms with Crippen LogP contribution in [0.4, 0.5) is 0 Å². The molecular formula is C46H89NO13. The first-order chi connectivity index (χ1) is 29.1. The van der Waals surface area contributed by atoms with E-state index >= 15 is 0 Å². The predicted molar refractivity (Wildman–Crippen MR) is 231 cm³/mol. The molecule has 14 heteroatoms. The fraction of sp³-hybridized carbons (Fsp3) is 0.978. The van der Waals surface area contributed by atoms with Crippen LogP contribution >= 0.6 is 0 Å². The van der Waals surface area contributed by atoms with Gasteiger partial charge in [0, 0.05) is 6.42 Å². The Morgan fingerprint density at radius 3 is 1.40 bits per heavy atom. The van der Waals surface area contributed by atoms with E-state index in [4.69, 9.17) is 18.9 Å². The Kier molecular flexibility index (Phi) is 31.6. The number of ether oxygens (including phenoxy) is 4. The van der Waals surface area contributed by atoms with Gasteiger partial charge in [0.15, 0.2) is 12.6 Å². The maximum atomic E-state index is 12.7. The highest BCUT2D eigenvalue weighted by Crippen LogP contribution is 2.30. The molecule has 2 aliphatic heterocycles. The summed E-state index contributed by atoms with van der Waals surface area (Å²) >= 11 is 0. The monoisotopic (exact) mass is 864 g/mol. The van der Waals surface area contributed by atoms with Gasteiger partial charge in [-0.3, -0.25) is 4.79 Å². The molecule has 356 valence electrons. The summed E-state index contributed by atoms with van der Waals surface area (Å²) in [7, 11) is 0. The minimum absolute atomic E-state index is 0.240. The van der Waals surface area contributed by atoms with Crippen LogP contribution in [0.25, 0.3) is 0 Å². The molecule has 0 bridgehead atoms. The standard InChI is InChI=1S/C46H89NO13/c1-3-5-7-8-9-10-11-12-13-14-15-16-17-18-19-20-21-22-23-24-25-26-27-28-29-35(50)34(47-38(51)30-6-4-2)33-57-45-43(56)41(54)44(37(32-49)59-45)60-46-42(55)40(53)39(52)36(31-48)58-46/h34-37,39-46,48-50,52-56H,3-33H2,1-2H3,(H,47,51). The molecule has 0 aromatic heterocycles. The molecule has 14 nitrogen and oxygen atoms in total. The first-order valence-corrected chi connectivity index (χ1v) is 24.3. The quantitative estimate of drug-likeness (QED) is 0.0356. The van der Waals surface area contributed by atoms with Crippen molar-refractivity contribution in [2.75, 3.05) is 19.8 Å². The van der Waals surface area contributed by atoms with Crippen LogP contribution < -0.4 is 5.32 Å². The van der Waals surface area contributed by atoms with Gasteiger partial charge in [-0.15, -0.1) is 0 Å². The first-order valence-electron chi connectivity index (χ1n) is 24.3. The van der Waals surface area contributed by atoms with E-state index in [1.165, 1.54) is 128 Å². The van der Waals surface area contributed by atoms with Gasteiger partial charge in [-0.05, 0) is 12.8 Å². The summed E-state index contributed by atoms with van der Waals surface area (Å²) in [6, 6.07) is -0.817. The average Bonchev–Trinajstić information content (AvgIpc) is 3.25. The van der Waals surface area contributed by atoms with E-state index in [0.717, 1.165) is 32.1 Å². The number of hydrogen-bond donors (Lipinski definition) is 9. The van der Waals surface area contributed by atoms with Crippen molar-refractivity contribution in [3.8, 4) is 0 Å². The average molecular weight is 864 g/mol. The number of carbonyl (C=O) groups excluding carboxylic acids is 1. The van der Waals surface area contributed by atoms with Crippen LogP contribution in [0.15, 0.2) is 0 Å². The van der Waals surface area contributed by atoms with Crippen molar-refractivity contribution in [3.63, 3.8) is 0 Å². The molecule has 0 aromatic rings. The van der Waals surface area contributed by atoms with Gasteiger partial charge in [-0.25, -0.2) is 0 Å². The summed E-state index contributed by atoms with van der Waals surface area (Å²) in [4.78, 5) is 12.7. The molecule has 0 aromatic carbocycles. The third-order valence-electron chi connectivity index (χ3n) is 12.3. The number of hydrogen-bond acceptors (Lipinski definition) is 13. The molecule has 0 saturated carbocycles. The number of rotatable bonds is 37. The minimum atomic E-state index is -1.78. The Hall–Kier alpha value is -1.01. The van der Waals surface area contributed by atoms with E-state index in [2.05, 4.69) is 12.2 Å². The lowest BCUT2D eigenvalue weighted by atomic mass is 9.97. The third kappa shape index (κ3) is 22.1. The largest absolute Gasteiger partial charge is 0.394 e. The summed E-state index contributed by atoms with van der Waals surface area (Å²) in [6.45, 7) is 2.61. The summed E-state index contributed by atoms with van der Waals surface area (Å²) in [5.41, 5.74) is 0. The van der Waals surface area contributed by atoms with Gasteiger partial charge in [0.1, 0.15) is 48.8 Å². The summed E-state index contributed by atoms with van der Waals surface area (Å²) in [5, 5.41) is 86.0. The lowest BCUT2D eigenvalue weighted by molar-refractivity contribution is -0.359. The van der Waals surface area contributed by atoms with Crippen LogP contribution in [-0.2, 0) is 23.7 Å². The van der Waals surface area contributed by atoms with Gasteiger partial charge in [0.2, 0.25) is 5.91 Å². The van der Waals surface area contributed by atoms with Crippen molar-refractivity contribution in [3.05, 3.63) is 0 Å². The molecule has 2 heterocycles. The molecule has 1 amide bonds. The Morgan fingerprint density at radius 2 is 0.950 bits per heavy atom. The smallest absolute Gasteiger partial charge is 0.220 e. The Labute approximate surface area is 362 Å². The molecule has 2 fully saturated rings. The van der Waals surface area contributed by atoms with E-state index in [1.807, 2.05) is 6.92 Å². The maximum absolute atomic E-state index is 12.7. The van der Waals surface area contributed by atoms with Crippen LogP contribution in [0.2, 0.25) is 0 Å². The molecule has 2 rings (SSSR count). The van der Waals surface area contributed by atoms with E-state index in [9.17, 15) is 45.6 Å². The van der Waals surface area contributed by atoms with Gasteiger partial charge < -0.3 is 65.1 Å². The topological polar surface area (TPSA) is 228 Å². The Morgan fingerprint density at radius 1 is 0.533 bits per heavy atom. The van der Waals surface area contributed by atoms with Gasteiger partial charge in [-0.2, -0.15) is 0 Å². The van der Waals surface area contributed by atoms with E-state index in [0.29, 0.717) is 12.8 Å². The predicted octanol–water partition coefficient (Wildman–Crippen LogP) is 5.44. The minimum Gasteiger partial charge on any atom is -0.394 e. The van der Waals surface area contributed by atoms with Crippen molar-refractivity contribution in [2.24, 2.45) is 0 Å². The molecule has 9 N–H and O–H groups in total. The molecule has 0 spiro atoms. The van der Waals surface area contributed by atoms with Crippen LogP contribution in [0.1, 0.15) is 194 Å². The van der Waals surface area contributed by atoms with Gasteiger partial charge in [-0.1, -0.05) is 174 Å². The molecule has 0 radical (unpaired) electrons. The fourth-order valence-corrected chi connectivity index (χ4v) is 8.27. The summed E-state index contributed by atoms with van der Waals surface area (Å²) in [6.07, 6.45) is 16.9. The van der Waals surface area contributed by atoms with Crippen molar-refractivity contribution in [1.29, 1.82) is 0 Å². The zero-order valence-electron chi connectivity index (χ0n) is 37.5. The number of unbranched alkanes of at least 4 members (excludes halogenated alkanes) is 24. The van der Waals surface area contributed by atoms with Crippen LogP contribution in [0, 0.1) is 0 Å². The number of aliphatic hydroxyl groups is 8. The number of amides is 1. The van der Waals surface area contributed by atoms with Gasteiger partial charge in [0.25, 0.3) is 0 Å². The molecule has 0 aliphatic carbocycles.